The fraction of sp³-hybridized carbons (Fsp3) is 0.400. The lowest BCUT2D eigenvalue weighted by Crippen LogP contribution is -2.52. The predicted molar refractivity (Wildman–Crippen MR) is 143 cm³/mol. The highest BCUT2D eigenvalue weighted by Gasteiger charge is 2.27. The lowest BCUT2D eigenvalue weighted by Gasteiger charge is -2.42. The number of fused-ring (bicyclic) bond motifs is 2. The third-order valence-electron chi connectivity index (χ3n) is 7.60. The summed E-state index contributed by atoms with van der Waals surface area (Å²) in [5.41, 5.74) is 5.17. The van der Waals surface area contributed by atoms with Gasteiger partial charge in [-0.3, -0.25) is 9.69 Å². The number of amides is 1. The highest BCUT2D eigenvalue weighted by Crippen LogP contribution is 2.32. The Kier molecular flexibility index (Phi) is 6.95. The number of carbonyl (C=O) groups is 1. The van der Waals surface area contributed by atoms with Crippen molar-refractivity contribution < 1.29 is 9.53 Å². The Bertz CT molecular complexity index is 1310. The van der Waals surface area contributed by atoms with Gasteiger partial charge in [0, 0.05) is 63.0 Å². The van der Waals surface area contributed by atoms with Crippen LogP contribution >= 0.6 is 0 Å². The summed E-state index contributed by atoms with van der Waals surface area (Å²) < 4.78 is 6.18. The first kappa shape index (κ1) is 24.3. The number of carbonyl (C=O) groups excluding carboxylic acids is 1. The molecule has 2 atom stereocenters. The Hall–Kier alpha value is -3.40. The molecule has 0 spiro atoms. The van der Waals surface area contributed by atoms with Gasteiger partial charge in [-0.25, -0.2) is 0 Å². The molecule has 186 valence electrons. The largest absolute Gasteiger partial charge is 0.373 e. The van der Waals surface area contributed by atoms with Crippen molar-refractivity contribution in [1.29, 1.82) is 5.26 Å². The van der Waals surface area contributed by atoms with E-state index in [9.17, 15) is 10.1 Å². The Morgan fingerprint density at radius 3 is 2.78 bits per heavy atom. The zero-order valence-electron chi connectivity index (χ0n) is 21.4. The molecule has 0 N–H and O–H groups in total. The molecule has 36 heavy (non-hydrogen) atoms. The zero-order valence-corrected chi connectivity index (χ0v) is 21.4. The van der Waals surface area contributed by atoms with Crippen molar-refractivity contribution >= 4 is 22.4 Å². The Morgan fingerprint density at radius 2 is 2.00 bits per heavy atom. The molecule has 3 aromatic carbocycles. The highest BCUT2D eigenvalue weighted by molar-refractivity contribution is 5.95. The van der Waals surface area contributed by atoms with E-state index in [0.29, 0.717) is 18.2 Å². The predicted octanol–water partition coefficient (Wildman–Crippen LogP) is 4.63. The maximum Gasteiger partial charge on any atom is 0.253 e. The number of hydrogen-bond donors (Lipinski definition) is 0. The number of anilines is 1. The molecule has 3 aromatic rings. The van der Waals surface area contributed by atoms with E-state index in [-0.39, 0.29) is 12.0 Å². The molecule has 0 aromatic heterocycles. The normalized spacial score (nSPS) is 20.1. The first-order chi connectivity index (χ1) is 17.4. The topological polar surface area (TPSA) is 59.8 Å². The van der Waals surface area contributed by atoms with E-state index in [1.54, 1.807) is 19.0 Å². The Morgan fingerprint density at radius 1 is 1.14 bits per heavy atom. The number of piperazine rings is 1. The van der Waals surface area contributed by atoms with Crippen molar-refractivity contribution in [2.24, 2.45) is 0 Å². The van der Waals surface area contributed by atoms with Gasteiger partial charge in [-0.2, -0.15) is 5.26 Å². The Labute approximate surface area is 213 Å². The number of benzene rings is 3. The summed E-state index contributed by atoms with van der Waals surface area (Å²) in [6, 6.07) is 21.1. The summed E-state index contributed by atoms with van der Waals surface area (Å²) >= 11 is 0. The fourth-order valence-electron chi connectivity index (χ4n) is 5.61. The van der Waals surface area contributed by atoms with Crippen LogP contribution < -0.4 is 4.90 Å². The summed E-state index contributed by atoms with van der Waals surface area (Å²) in [6.07, 6.45) is 1.88. The number of nitriles is 1. The van der Waals surface area contributed by atoms with Gasteiger partial charge in [-0.05, 0) is 66.6 Å². The van der Waals surface area contributed by atoms with Gasteiger partial charge in [0.25, 0.3) is 5.91 Å². The SMILES string of the molecule is C[C@@H]1CN(c2cccc3cc(C#N)ccc23)CCN1CC[C@@H]1OCCc2cc(C(=O)N(C)C)ccc21. The molecule has 5 rings (SSSR count). The summed E-state index contributed by atoms with van der Waals surface area (Å²) in [5, 5.41) is 11.6. The van der Waals surface area contributed by atoms with Crippen LogP contribution in [0.4, 0.5) is 5.69 Å². The summed E-state index contributed by atoms with van der Waals surface area (Å²) in [5.74, 6) is 0.0456. The maximum atomic E-state index is 12.4. The first-order valence-corrected chi connectivity index (χ1v) is 12.8. The van der Waals surface area contributed by atoms with Gasteiger partial charge in [0.15, 0.2) is 0 Å². The van der Waals surface area contributed by atoms with Crippen LogP contribution in [-0.2, 0) is 11.2 Å². The van der Waals surface area contributed by atoms with Crippen molar-refractivity contribution in [3.63, 3.8) is 0 Å². The van der Waals surface area contributed by atoms with Crippen molar-refractivity contribution in [1.82, 2.24) is 9.80 Å². The van der Waals surface area contributed by atoms with Crippen LogP contribution in [0.1, 0.15) is 46.5 Å². The number of rotatable bonds is 5. The fourth-order valence-corrected chi connectivity index (χ4v) is 5.61. The van der Waals surface area contributed by atoms with Gasteiger partial charge in [-0.15, -0.1) is 0 Å². The molecule has 2 aliphatic heterocycles. The second-order valence-corrected chi connectivity index (χ2v) is 10.2. The van der Waals surface area contributed by atoms with Crippen molar-refractivity contribution in [2.45, 2.75) is 31.9 Å². The summed E-state index contributed by atoms with van der Waals surface area (Å²) in [6.45, 7) is 6.94. The van der Waals surface area contributed by atoms with Crippen LogP contribution in [0.3, 0.4) is 0 Å². The second kappa shape index (κ2) is 10.3. The average Bonchev–Trinajstić information content (AvgIpc) is 2.90. The molecule has 0 bridgehead atoms. The van der Waals surface area contributed by atoms with Crippen LogP contribution in [0.5, 0.6) is 0 Å². The van der Waals surface area contributed by atoms with E-state index >= 15 is 0 Å². The molecular formula is C30H34N4O2. The van der Waals surface area contributed by atoms with E-state index in [4.69, 9.17) is 4.74 Å². The zero-order chi connectivity index (χ0) is 25.2. The van der Waals surface area contributed by atoms with Gasteiger partial charge in [0.1, 0.15) is 0 Å². The monoisotopic (exact) mass is 482 g/mol. The van der Waals surface area contributed by atoms with Crippen molar-refractivity contribution in [3.8, 4) is 6.07 Å². The van der Waals surface area contributed by atoms with Crippen LogP contribution in [0.25, 0.3) is 10.8 Å². The summed E-state index contributed by atoms with van der Waals surface area (Å²) in [7, 11) is 3.58. The molecule has 0 radical (unpaired) electrons. The van der Waals surface area contributed by atoms with E-state index < -0.39 is 0 Å². The average molecular weight is 483 g/mol. The van der Waals surface area contributed by atoms with Crippen molar-refractivity contribution in [2.75, 3.05) is 51.8 Å². The molecule has 6 heteroatoms. The van der Waals surface area contributed by atoms with E-state index in [0.717, 1.165) is 50.0 Å². The van der Waals surface area contributed by atoms with Crippen LogP contribution in [0.15, 0.2) is 54.6 Å². The van der Waals surface area contributed by atoms with Gasteiger partial charge in [-0.1, -0.05) is 24.3 Å². The van der Waals surface area contributed by atoms with Gasteiger partial charge in [0.2, 0.25) is 0 Å². The third-order valence-corrected chi connectivity index (χ3v) is 7.60. The molecule has 1 saturated heterocycles. The van der Waals surface area contributed by atoms with Crippen molar-refractivity contribution in [3.05, 3.63) is 76.9 Å². The van der Waals surface area contributed by atoms with Gasteiger partial charge in [0.05, 0.1) is 24.3 Å². The highest BCUT2D eigenvalue weighted by atomic mass is 16.5. The van der Waals surface area contributed by atoms with E-state index in [1.165, 1.54) is 22.2 Å². The van der Waals surface area contributed by atoms with E-state index in [2.05, 4.69) is 59.2 Å². The minimum Gasteiger partial charge on any atom is -0.373 e. The smallest absolute Gasteiger partial charge is 0.253 e. The third kappa shape index (κ3) is 4.82. The minimum atomic E-state index is 0.0456. The lowest BCUT2D eigenvalue weighted by atomic mass is 9.93. The minimum absolute atomic E-state index is 0.0456. The standard InChI is InChI=1S/C30H34N4O2/c1-21-20-34(28-6-4-5-23-17-22(19-31)7-9-26(23)28)15-14-33(21)13-11-29-27-10-8-25(30(35)32(2)3)18-24(27)12-16-36-29/h4-10,17-18,21,29H,11-16,20H2,1-3H3/t21-,29+/m1/s1. The number of nitrogens with zero attached hydrogens (tertiary/aromatic N) is 4. The number of ether oxygens (including phenoxy) is 1. The van der Waals surface area contributed by atoms with Gasteiger partial charge >= 0.3 is 0 Å². The van der Waals surface area contributed by atoms with Crippen LogP contribution in [-0.4, -0.2) is 68.6 Å². The van der Waals surface area contributed by atoms with Gasteiger partial charge < -0.3 is 14.5 Å². The number of hydrogen-bond acceptors (Lipinski definition) is 5. The quantitative estimate of drug-likeness (QED) is 0.531. The second-order valence-electron chi connectivity index (χ2n) is 10.2. The summed E-state index contributed by atoms with van der Waals surface area (Å²) in [4.78, 5) is 19.1. The molecular weight excluding hydrogens is 448 g/mol. The molecule has 2 aliphatic rings. The van der Waals surface area contributed by atoms with Crippen LogP contribution in [0.2, 0.25) is 0 Å². The van der Waals surface area contributed by atoms with Crippen LogP contribution in [0, 0.1) is 11.3 Å². The molecule has 0 aliphatic carbocycles. The molecule has 6 nitrogen and oxygen atoms in total. The first-order valence-electron chi connectivity index (χ1n) is 12.8. The maximum absolute atomic E-state index is 12.4. The Balaban J connectivity index is 1.24. The molecule has 0 saturated carbocycles. The van der Waals surface area contributed by atoms with E-state index in [1.807, 2.05) is 18.2 Å². The molecule has 1 fully saturated rings. The molecule has 0 unspecified atom stereocenters. The molecule has 2 heterocycles. The lowest BCUT2D eigenvalue weighted by molar-refractivity contribution is 0.0254. The molecule has 1 amide bonds.